The van der Waals surface area contributed by atoms with E-state index in [1.165, 1.54) is 19.3 Å². The minimum atomic E-state index is 0.763. The molecule has 80 valence electrons. The molecule has 0 N–H and O–H groups in total. The Balaban J connectivity index is 1.93. The fourth-order valence-electron chi connectivity index (χ4n) is 5.47. The van der Waals surface area contributed by atoms with Crippen LogP contribution in [0.2, 0.25) is 0 Å². The van der Waals surface area contributed by atoms with Gasteiger partial charge < -0.3 is 0 Å². The van der Waals surface area contributed by atoms with Crippen LogP contribution in [0.4, 0.5) is 0 Å². The fraction of sp³-hybridized carbons (Fsp3) is 1.00. The molecule has 0 heterocycles. The summed E-state index contributed by atoms with van der Waals surface area (Å²) in [5.41, 5.74) is 0.763. The lowest BCUT2D eigenvalue weighted by atomic mass is 9.66. The average Bonchev–Trinajstić information content (AvgIpc) is 2.58. The zero-order valence-electron chi connectivity index (χ0n) is 9.76. The summed E-state index contributed by atoms with van der Waals surface area (Å²) in [4.78, 5) is 0. The Morgan fingerprint density at radius 3 is 2.64 bits per heavy atom. The van der Waals surface area contributed by atoms with Gasteiger partial charge in [0.1, 0.15) is 0 Å². The second-order valence-corrected chi connectivity index (χ2v) is 6.45. The highest BCUT2D eigenvalue weighted by atomic mass is 14.6. The summed E-state index contributed by atoms with van der Waals surface area (Å²) in [5.74, 6) is 4.50. The maximum atomic E-state index is 2.60. The summed E-state index contributed by atoms with van der Waals surface area (Å²) in [5, 5.41) is 0. The van der Waals surface area contributed by atoms with Gasteiger partial charge >= 0.3 is 0 Å². The molecule has 0 saturated heterocycles. The van der Waals surface area contributed by atoms with E-state index in [4.69, 9.17) is 0 Å². The maximum absolute atomic E-state index is 2.60. The highest BCUT2D eigenvalue weighted by Gasteiger charge is 2.57. The van der Waals surface area contributed by atoms with Gasteiger partial charge in [-0.25, -0.2) is 0 Å². The minimum Gasteiger partial charge on any atom is -0.0651 e. The smallest absolute Gasteiger partial charge is 0.0289 e. The van der Waals surface area contributed by atoms with Gasteiger partial charge in [0.25, 0.3) is 0 Å². The molecule has 3 aliphatic carbocycles. The van der Waals surface area contributed by atoms with Gasteiger partial charge in [0.2, 0.25) is 0 Å². The van der Waals surface area contributed by atoms with Gasteiger partial charge in [0.05, 0.1) is 0 Å². The molecule has 0 amide bonds. The van der Waals surface area contributed by atoms with Crippen LogP contribution in [0.3, 0.4) is 0 Å². The van der Waals surface area contributed by atoms with Gasteiger partial charge in [-0.15, -0.1) is 0 Å². The molecule has 0 aliphatic heterocycles. The molecular formula is C14H24. The zero-order chi connectivity index (χ0) is 9.76. The number of rotatable bonds is 1. The summed E-state index contributed by atoms with van der Waals surface area (Å²) in [6.45, 7) is 5.02. The van der Waals surface area contributed by atoms with Crippen molar-refractivity contribution in [2.75, 3.05) is 0 Å². The highest BCUT2D eigenvalue weighted by Crippen LogP contribution is 2.66. The van der Waals surface area contributed by atoms with Crippen LogP contribution in [0.15, 0.2) is 0 Å². The number of hydrogen-bond donors (Lipinski definition) is 0. The van der Waals surface area contributed by atoms with Gasteiger partial charge in [-0.1, -0.05) is 39.5 Å². The molecule has 3 aliphatic rings. The third-order valence-electron chi connectivity index (χ3n) is 5.80. The Labute approximate surface area is 88.5 Å². The Hall–Kier alpha value is 0. The van der Waals surface area contributed by atoms with Crippen LogP contribution in [0.5, 0.6) is 0 Å². The number of hydrogen-bond acceptors (Lipinski definition) is 0. The largest absolute Gasteiger partial charge is 0.0651 e. The minimum absolute atomic E-state index is 0.763. The van der Waals surface area contributed by atoms with E-state index in [9.17, 15) is 0 Å². The van der Waals surface area contributed by atoms with E-state index in [-0.39, 0.29) is 0 Å². The van der Waals surface area contributed by atoms with Crippen LogP contribution < -0.4 is 0 Å². The summed E-state index contributed by atoms with van der Waals surface area (Å²) >= 11 is 0. The molecule has 3 fully saturated rings. The molecule has 3 rings (SSSR count). The quantitative estimate of drug-likeness (QED) is 0.582. The topological polar surface area (TPSA) is 0 Å². The lowest BCUT2D eigenvalue weighted by Crippen LogP contribution is -2.31. The highest BCUT2D eigenvalue weighted by molar-refractivity contribution is 5.07. The Morgan fingerprint density at radius 2 is 1.86 bits per heavy atom. The summed E-state index contributed by atoms with van der Waals surface area (Å²) < 4.78 is 0. The molecule has 5 atom stereocenters. The molecule has 0 nitrogen and oxygen atoms in total. The predicted octanol–water partition coefficient (Wildman–Crippen LogP) is 4.25. The first-order valence-corrected chi connectivity index (χ1v) is 6.74. The van der Waals surface area contributed by atoms with Gasteiger partial charge in [-0.2, -0.15) is 0 Å². The third-order valence-corrected chi connectivity index (χ3v) is 5.80. The molecule has 0 aromatic rings. The molecule has 0 spiro atoms. The van der Waals surface area contributed by atoms with Gasteiger partial charge in [-0.3, -0.25) is 0 Å². The van der Waals surface area contributed by atoms with E-state index >= 15 is 0 Å². The van der Waals surface area contributed by atoms with Gasteiger partial charge in [0, 0.05) is 0 Å². The molecule has 0 heteroatoms. The van der Waals surface area contributed by atoms with Crippen molar-refractivity contribution in [2.24, 2.45) is 29.1 Å². The molecule has 2 bridgehead atoms. The van der Waals surface area contributed by atoms with Crippen molar-refractivity contribution in [2.45, 2.75) is 58.8 Å². The van der Waals surface area contributed by atoms with E-state index in [0.29, 0.717) is 0 Å². The third kappa shape index (κ3) is 1.06. The van der Waals surface area contributed by atoms with Crippen molar-refractivity contribution in [1.29, 1.82) is 0 Å². The van der Waals surface area contributed by atoms with Crippen molar-refractivity contribution in [3.63, 3.8) is 0 Å². The van der Waals surface area contributed by atoms with Crippen molar-refractivity contribution in [3.8, 4) is 0 Å². The first-order valence-electron chi connectivity index (χ1n) is 6.74. The maximum Gasteiger partial charge on any atom is -0.0289 e. The molecule has 0 radical (unpaired) electrons. The van der Waals surface area contributed by atoms with Crippen LogP contribution in [0.1, 0.15) is 58.8 Å². The van der Waals surface area contributed by atoms with Crippen molar-refractivity contribution >= 4 is 0 Å². The second-order valence-electron chi connectivity index (χ2n) is 6.45. The molecule has 0 aromatic heterocycles. The molecule has 0 aromatic carbocycles. The van der Waals surface area contributed by atoms with Crippen molar-refractivity contribution < 1.29 is 0 Å². The van der Waals surface area contributed by atoms with Gasteiger partial charge in [-0.05, 0) is 48.3 Å². The first kappa shape index (κ1) is 9.24. The van der Waals surface area contributed by atoms with Gasteiger partial charge in [0.15, 0.2) is 0 Å². The van der Waals surface area contributed by atoms with E-state index in [1.54, 1.807) is 25.7 Å². The monoisotopic (exact) mass is 192 g/mol. The summed E-state index contributed by atoms with van der Waals surface area (Å²) in [7, 11) is 0. The van der Waals surface area contributed by atoms with Crippen molar-refractivity contribution in [3.05, 3.63) is 0 Å². The standard InChI is InChI=1S/C14H24/c1-3-13-11-7-5-4-6-10-8-14(13,2)9-12(10)11/h10-13H,3-9H2,1-2H3. The lowest BCUT2D eigenvalue weighted by Gasteiger charge is -2.39. The summed E-state index contributed by atoms with van der Waals surface area (Å²) in [6.07, 6.45) is 10.8. The van der Waals surface area contributed by atoms with Crippen LogP contribution >= 0.6 is 0 Å². The number of fused-ring (bicyclic) bond motifs is 1. The Morgan fingerprint density at radius 1 is 1.07 bits per heavy atom. The fourth-order valence-corrected chi connectivity index (χ4v) is 5.47. The van der Waals surface area contributed by atoms with E-state index in [0.717, 1.165) is 29.1 Å². The first-order chi connectivity index (χ1) is 6.74. The Bertz CT molecular complexity index is 228. The van der Waals surface area contributed by atoms with E-state index < -0.39 is 0 Å². The SMILES string of the molecule is CCC1C2CCCCC3CC1(C)CC32. The Kier molecular flexibility index (Phi) is 1.98. The molecule has 5 unspecified atom stereocenters. The van der Waals surface area contributed by atoms with Crippen LogP contribution in [0, 0.1) is 29.1 Å². The molecule has 14 heavy (non-hydrogen) atoms. The lowest BCUT2D eigenvalue weighted by molar-refractivity contribution is 0.103. The summed E-state index contributed by atoms with van der Waals surface area (Å²) in [6, 6.07) is 0. The van der Waals surface area contributed by atoms with Crippen LogP contribution in [0.25, 0.3) is 0 Å². The van der Waals surface area contributed by atoms with Crippen molar-refractivity contribution in [1.82, 2.24) is 0 Å². The predicted molar refractivity (Wildman–Crippen MR) is 60.1 cm³/mol. The van der Waals surface area contributed by atoms with E-state index in [1.807, 2.05) is 0 Å². The average molecular weight is 192 g/mol. The van der Waals surface area contributed by atoms with E-state index in [2.05, 4.69) is 13.8 Å². The van der Waals surface area contributed by atoms with Crippen LogP contribution in [-0.2, 0) is 0 Å². The second kappa shape index (κ2) is 3.00. The normalized spacial score (nSPS) is 56.1. The molecule has 3 saturated carbocycles. The molecular weight excluding hydrogens is 168 g/mol. The zero-order valence-corrected chi connectivity index (χ0v) is 9.76. The van der Waals surface area contributed by atoms with Crippen LogP contribution in [-0.4, -0.2) is 0 Å².